The number of rotatable bonds is 5. The van der Waals surface area contributed by atoms with Gasteiger partial charge in [0.1, 0.15) is 0 Å². The van der Waals surface area contributed by atoms with Crippen LogP contribution in [0.3, 0.4) is 0 Å². The third kappa shape index (κ3) is 4.91. The fourth-order valence-electron chi connectivity index (χ4n) is 3.31. The predicted octanol–water partition coefficient (Wildman–Crippen LogP) is 4.48. The van der Waals surface area contributed by atoms with Crippen molar-refractivity contribution < 1.29 is 9.59 Å². The van der Waals surface area contributed by atoms with Gasteiger partial charge in [-0.05, 0) is 38.0 Å². The Balaban J connectivity index is 1.68. The van der Waals surface area contributed by atoms with Crippen LogP contribution in [0.1, 0.15) is 66.2 Å². The first-order valence-electron chi connectivity index (χ1n) is 9.26. The average Bonchev–Trinajstić information content (AvgIpc) is 2.91. The first-order chi connectivity index (χ1) is 12.6. The Morgan fingerprint density at radius 3 is 2.42 bits per heavy atom. The minimum absolute atomic E-state index is 0.0169. The summed E-state index contributed by atoms with van der Waals surface area (Å²) in [5, 5.41) is 6.35. The molecule has 0 aliphatic heterocycles. The lowest BCUT2D eigenvalue weighted by Crippen LogP contribution is -2.34. The molecule has 0 atom stereocenters. The normalized spacial score (nSPS) is 15.1. The standard InChI is InChI=1S/C21H25N3O2/c1-15(25)16-7-6-10-19(11-16)23-20-12-17(13-22-14-20)21(26)24-18-8-4-2-3-5-9-18/h6-7,10-14,18,23H,2-5,8-9H2,1H3,(H,24,26). The van der Waals surface area contributed by atoms with Crippen molar-refractivity contribution in [3.8, 4) is 0 Å². The lowest BCUT2D eigenvalue weighted by atomic mass is 10.1. The maximum Gasteiger partial charge on any atom is 0.253 e. The van der Waals surface area contributed by atoms with Crippen molar-refractivity contribution in [2.24, 2.45) is 0 Å². The van der Waals surface area contributed by atoms with Gasteiger partial charge in [0.15, 0.2) is 5.78 Å². The molecule has 1 aliphatic carbocycles. The number of carbonyl (C=O) groups excluding carboxylic acids is 2. The molecule has 3 rings (SSSR count). The maximum atomic E-state index is 12.5. The van der Waals surface area contributed by atoms with Crippen LogP contribution in [-0.4, -0.2) is 22.7 Å². The number of pyridine rings is 1. The van der Waals surface area contributed by atoms with Crippen molar-refractivity contribution in [2.45, 2.75) is 51.5 Å². The number of Topliss-reactive ketones (excluding diaryl/α,β-unsaturated/α-hetero) is 1. The number of anilines is 2. The highest BCUT2D eigenvalue weighted by molar-refractivity contribution is 5.96. The minimum atomic E-state index is -0.0782. The first-order valence-corrected chi connectivity index (χ1v) is 9.26. The SMILES string of the molecule is CC(=O)c1cccc(Nc2cncc(C(=O)NC3CCCCCC3)c2)c1. The number of hydrogen-bond acceptors (Lipinski definition) is 4. The number of amides is 1. The van der Waals surface area contributed by atoms with Gasteiger partial charge in [-0.25, -0.2) is 0 Å². The zero-order valence-electron chi connectivity index (χ0n) is 15.1. The van der Waals surface area contributed by atoms with E-state index in [0.717, 1.165) is 24.2 Å². The average molecular weight is 351 g/mol. The number of benzene rings is 1. The highest BCUT2D eigenvalue weighted by atomic mass is 16.1. The number of nitrogens with one attached hydrogen (secondary N) is 2. The summed E-state index contributed by atoms with van der Waals surface area (Å²) in [7, 11) is 0. The fraction of sp³-hybridized carbons (Fsp3) is 0.381. The van der Waals surface area contributed by atoms with Crippen LogP contribution >= 0.6 is 0 Å². The summed E-state index contributed by atoms with van der Waals surface area (Å²) in [6.45, 7) is 1.54. The van der Waals surface area contributed by atoms with Gasteiger partial charge in [0, 0.05) is 23.5 Å². The molecule has 0 spiro atoms. The number of hydrogen-bond donors (Lipinski definition) is 2. The van der Waals surface area contributed by atoms with E-state index >= 15 is 0 Å². The molecule has 0 unspecified atom stereocenters. The second kappa shape index (κ2) is 8.61. The van der Waals surface area contributed by atoms with Crippen LogP contribution in [-0.2, 0) is 0 Å². The minimum Gasteiger partial charge on any atom is -0.354 e. The van der Waals surface area contributed by atoms with Crippen LogP contribution in [0.15, 0.2) is 42.7 Å². The maximum absolute atomic E-state index is 12.5. The molecule has 2 aromatic rings. The number of carbonyl (C=O) groups is 2. The van der Waals surface area contributed by atoms with E-state index in [1.54, 1.807) is 37.5 Å². The van der Waals surface area contributed by atoms with Crippen molar-refractivity contribution >= 4 is 23.1 Å². The Labute approximate surface area is 154 Å². The van der Waals surface area contributed by atoms with E-state index in [2.05, 4.69) is 15.6 Å². The summed E-state index contributed by atoms with van der Waals surface area (Å²) in [6.07, 6.45) is 10.2. The van der Waals surface area contributed by atoms with Crippen LogP contribution in [0.25, 0.3) is 0 Å². The van der Waals surface area contributed by atoms with Gasteiger partial charge in [-0.1, -0.05) is 37.8 Å². The van der Waals surface area contributed by atoms with Gasteiger partial charge in [0.2, 0.25) is 0 Å². The molecule has 5 heteroatoms. The van der Waals surface area contributed by atoms with E-state index < -0.39 is 0 Å². The molecule has 26 heavy (non-hydrogen) atoms. The van der Waals surface area contributed by atoms with Crippen molar-refractivity contribution in [2.75, 3.05) is 5.32 Å². The van der Waals surface area contributed by atoms with Crippen LogP contribution in [0.2, 0.25) is 0 Å². The van der Waals surface area contributed by atoms with Crippen LogP contribution < -0.4 is 10.6 Å². The topological polar surface area (TPSA) is 71.1 Å². The lowest BCUT2D eigenvalue weighted by Gasteiger charge is -2.16. The quantitative estimate of drug-likeness (QED) is 0.615. The Morgan fingerprint density at radius 2 is 1.69 bits per heavy atom. The van der Waals surface area contributed by atoms with E-state index in [0.29, 0.717) is 11.1 Å². The molecule has 1 heterocycles. The molecular formula is C21H25N3O2. The van der Waals surface area contributed by atoms with Gasteiger partial charge in [-0.3, -0.25) is 14.6 Å². The first kappa shape index (κ1) is 18.1. The molecule has 1 saturated carbocycles. The highest BCUT2D eigenvalue weighted by Crippen LogP contribution is 2.20. The Bertz CT molecular complexity index is 780. The smallest absolute Gasteiger partial charge is 0.253 e. The van der Waals surface area contributed by atoms with Crippen molar-refractivity contribution in [3.05, 3.63) is 53.9 Å². The molecule has 1 amide bonds. The molecule has 0 saturated heterocycles. The second-order valence-corrected chi connectivity index (χ2v) is 6.89. The van der Waals surface area contributed by atoms with Gasteiger partial charge in [-0.2, -0.15) is 0 Å². The molecule has 2 N–H and O–H groups in total. The van der Waals surface area contributed by atoms with Crippen LogP contribution in [0.5, 0.6) is 0 Å². The van der Waals surface area contributed by atoms with Gasteiger partial charge >= 0.3 is 0 Å². The number of nitrogens with zero attached hydrogens (tertiary/aromatic N) is 1. The van der Waals surface area contributed by atoms with Crippen LogP contribution in [0.4, 0.5) is 11.4 Å². The third-order valence-corrected chi connectivity index (χ3v) is 4.75. The summed E-state index contributed by atoms with van der Waals surface area (Å²) in [5.74, 6) is -0.0613. The zero-order chi connectivity index (χ0) is 18.4. The molecule has 0 bridgehead atoms. The molecular weight excluding hydrogens is 326 g/mol. The fourth-order valence-corrected chi connectivity index (χ4v) is 3.31. The highest BCUT2D eigenvalue weighted by Gasteiger charge is 2.16. The van der Waals surface area contributed by atoms with Crippen LogP contribution in [0, 0.1) is 0 Å². The van der Waals surface area contributed by atoms with E-state index in [4.69, 9.17) is 0 Å². The van der Waals surface area contributed by atoms with E-state index in [-0.39, 0.29) is 17.7 Å². The summed E-state index contributed by atoms with van der Waals surface area (Å²) in [5.41, 5.74) is 2.70. The molecule has 0 radical (unpaired) electrons. The largest absolute Gasteiger partial charge is 0.354 e. The monoisotopic (exact) mass is 351 g/mol. The summed E-state index contributed by atoms with van der Waals surface area (Å²) < 4.78 is 0. The van der Waals surface area contributed by atoms with Crippen molar-refractivity contribution in [1.29, 1.82) is 0 Å². The van der Waals surface area contributed by atoms with E-state index in [1.165, 1.54) is 25.7 Å². The predicted molar refractivity (Wildman–Crippen MR) is 103 cm³/mol. The van der Waals surface area contributed by atoms with E-state index in [1.807, 2.05) is 12.1 Å². The number of aromatic nitrogens is 1. The molecule has 136 valence electrons. The van der Waals surface area contributed by atoms with Gasteiger partial charge in [0.25, 0.3) is 5.91 Å². The van der Waals surface area contributed by atoms with Gasteiger partial charge in [0.05, 0.1) is 17.4 Å². The zero-order valence-corrected chi connectivity index (χ0v) is 15.1. The second-order valence-electron chi connectivity index (χ2n) is 6.89. The molecule has 1 aromatic carbocycles. The molecule has 1 fully saturated rings. The Hall–Kier alpha value is -2.69. The molecule has 5 nitrogen and oxygen atoms in total. The third-order valence-electron chi connectivity index (χ3n) is 4.75. The molecule has 1 aromatic heterocycles. The van der Waals surface area contributed by atoms with Gasteiger partial charge in [-0.15, -0.1) is 0 Å². The Kier molecular flexibility index (Phi) is 6.00. The summed E-state index contributed by atoms with van der Waals surface area (Å²) >= 11 is 0. The Morgan fingerprint density at radius 1 is 0.962 bits per heavy atom. The van der Waals surface area contributed by atoms with Crippen molar-refractivity contribution in [1.82, 2.24) is 10.3 Å². The lowest BCUT2D eigenvalue weighted by molar-refractivity contribution is 0.0932. The van der Waals surface area contributed by atoms with E-state index in [9.17, 15) is 9.59 Å². The molecule has 1 aliphatic rings. The van der Waals surface area contributed by atoms with Gasteiger partial charge < -0.3 is 10.6 Å². The summed E-state index contributed by atoms with van der Waals surface area (Å²) in [6, 6.07) is 9.33. The summed E-state index contributed by atoms with van der Waals surface area (Å²) in [4.78, 5) is 28.2. The van der Waals surface area contributed by atoms with Crippen molar-refractivity contribution in [3.63, 3.8) is 0 Å². The number of ketones is 1.